The summed E-state index contributed by atoms with van der Waals surface area (Å²) in [6.45, 7) is 1.87. The van der Waals surface area contributed by atoms with Crippen LogP contribution in [0.5, 0.6) is 5.75 Å². The molecule has 3 fully saturated rings. The number of methoxy groups -OCH3 is 1. The van der Waals surface area contributed by atoms with Gasteiger partial charge in [0.2, 0.25) is 0 Å². The van der Waals surface area contributed by atoms with Crippen LogP contribution >= 0.6 is 0 Å². The largest absolute Gasteiger partial charge is 0.491 e. The number of Topliss-reactive ketones (excluding diaryl/α,β-unsaturated/α-hetero) is 1. The fraction of sp³-hybridized carbons (Fsp3) is 0.677. The number of benzene rings is 1. The highest BCUT2D eigenvalue weighted by Gasteiger charge is 2.45. The number of carbonyl (C=O) groups excluding carboxylic acids is 2. The Kier molecular flexibility index (Phi) is 12.9. The van der Waals surface area contributed by atoms with E-state index in [-0.39, 0.29) is 49.4 Å². The maximum Gasteiger partial charge on any atom is 0.305 e. The van der Waals surface area contributed by atoms with Crippen molar-refractivity contribution in [1.29, 1.82) is 0 Å². The van der Waals surface area contributed by atoms with Gasteiger partial charge in [0.25, 0.3) is 0 Å². The topological polar surface area (TPSA) is 98.8 Å². The molecule has 6 atom stereocenters. The quantitative estimate of drug-likeness (QED) is 0.222. The van der Waals surface area contributed by atoms with Gasteiger partial charge in [-0.25, -0.2) is 0 Å². The molecule has 40 heavy (non-hydrogen) atoms. The number of esters is 1. The Morgan fingerprint density at radius 1 is 1.00 bits per heavy atom. The van der Waals surface area contributed by atoms with Crippen molar-refractivity contribution >= 4 is 11.8 Å². The van der Waals surface area contributed by atoms with Crippen LogP contribution in [0.15, 0.2) is 42.5 Å². The molecule has 0 bridgehead atoms. The number of rotatable bonds is 15. The SMILES string of the molecule is COC(=O)CCC=CC[C@H]1C(=O)C[C@@H](OC2CCCCO2)[C@@H]1OCC(COc1ccccc1)OC1CCCCO1. The summed E-state index contributed by atoms with van der Waals surface area (Å²) in [5, 5.41) is 0. The average molecular weight is 561 g/mol. The molecule has 2 aliphatic heterocycles. The van der Waals surface area contributed by atoms with Crippen molar-refractivity contribution in [3.8, 4) is 5.75 Å². The van der Waals surface area contributed by atoms with Crippen molar-refractivity contribution in [1.82, 2.24) is 0 Å². The Labute approximate surface area is 237 Å². The summed E-state index contributed by atoms with van der Waals surface area (Å²) in [4.78, 5) is 24.6. The first-order valence-corrected chi connectivity index (χ1v) is 14.7. The van der Waals surface area contributed by atoms with E-state index in [1.807, 2.05) is 42.5 Å². The Morgan fingerprint density at radius 2 is 1.75 bits per heavy atom. The monoisotopic (exact) mass is 560 g/mol. The normalized spacial score (nSPS) is 28.0. The van der Waals surface area contributed by atoms with E-state index in [9.17, 15) is 9.59 Å². The highest BCUT2D eigenvalue weighted by Crippen LogP contribution is 2.33. The molecule has 0 radical (unpaired) electrons. The molecule has 0 amide bonds. The number of hydrogen-bond donors (Lipinski definition) is 0. The van der Waals surface area contributed by atoms with E-state index in [2.05, 4.69) is 0 Å². The van der Waals surface area contributed by atoms with Gasteiger partial charge < -0.3 is 33.2 Å². The zero-order valence-electron chi connectivity index (χ0n) is 23.6. The third-order valence-electron chi connectivity index (χ3n) is 7.48. The van der Waals surface area contributed by atoms with Gasteiger partial charge >= 0.3 is 5.97 Å². The van der Waals surface area contributed by atoms with Gasteiger partial charge in [-0.05, 0) is 63.5 Å². The molecular weight excluding hydrogens is 516 g/mol. The lowest BCUT2D eigenvalue weighted by atomic mass is 9.99. The first kappa shape index (κ1) is 30.7. The molecule has 2 heterocycles. The summed E-state index contributed by atoms with van der Waals surface area (Å²) < 4.78 is 41.4. The second kappa shape index (κ2) is 16.8. The molecule has 1 saturated carbocycles. The zero-order valence-corrected chi connectivity index (χ0v) is 23.6. The third kappa shape index (κ3) is 9.96. The predicted octanol–water partition coefficient (Wildman–Crippen LogP) is 4.76. The van der Waals surface area contributed by atoms with Crippen molar-refractivity contribution in [2.24, 2.45) is 5.92 Å². The second-order valence-electron chi connectivity index (χ2n) is 10.5. The molecule has 1 aromatic rings. The average Bonchev–Trinajstić information content (AvgIpc) is 3.28. The summed E-state index contributed by atoms with van der Waals surface area (Å²) in [7, 11) is 1.38. The van der Waals surface area contributed by atoms with Gasteiger partial charge in [0.1, 0.15) is 24.2 Å². The van der Waals surface area contributed by atoms with Crippen molar-refractivity contribution in [3.63, 3.8) is 0 Å². The number of para-hydroxylation sites is 1. The van der Waals surface area contributed by atoms with Gasteiger partial charge in [-0.15, -0.1) is 0 Å². The smallest absolute Gasteiger partial charge is 0.305 e. The van der Waals surface area contributed by atoms with Crippen LogP contribution in [-0.2, 0) is 38.0 Å². The summed E-state index contributed by atoms with van der Waals surface area (Å²) in [6.07, 6.45) is 9.44. The Balaban J connectivity index is 1.40. The fourth-order valence-corrected chi connectivity index (χ4v) is 5.28. The highest BCUT2D eigenvalue weighted by atomic mass is 16.7. The molecule has 3 unspecified atom stereocenters. The lowest BCUT2D eigenvalue weighted by molar-refractivity contribution is -0.226. The van der Waals surface area contributed by atoms with Gasteiger partial charge in [0, 0.05) is 26.1 Å². The minimum absolute atomic E-state index is 0.108. The molecular formula is C31H44O9. The van der Waals surface area contributed by atoms with E-state index in [0.29, 0.717) is 39.1 Å². The molecule has 0 spiro atoms. The predicted molar refractivity (Wildman–Crippen MR) is 147 cm³/mol. The van der Waals surface area contributed by atoms with Crippen molar-refractivity contribution in [2.75, 3.05) is 33.5 Å². The van der Waals surface area contributed by atoms with E-state index in [1.165, 1.54) is 7.11 Å². The number of ketones is 1. The first-order chi connectivity index (χ1) is 19.6. The number of carbonyl (C=O) groups is 2. The molecule has 222 valence electrons. The summed E-state index contributed by atoms with van der Waals surface area (Å²) >= 11 is 0. The van der Waals surface area contributed by atoms with Crippen LogP contribution in [0, 0.1) is 5.92 Å². The highest BCUT2D eigenvalue weighted by molar-refractivity contribution is 5.85. The fourth-order valence-electron chi connectivity index (χ4n) is 5.28. The second-order valence-corrected chi connectivity index (χ2v) is 10.5. The van der Waals surface area contributed by atoms with Crippen molar-refractivity contribution in [2.45, 2.75) is 95.1 Å². The summed E-state index contributed by atoms with van der Waals surface area (Å²) in [5.74, 6) is 0.249. The van der Waals surface area contributed by atoms with Crippen LogP contribution in [-0.4, -0.2) is 76.2 Å². The lowest BCUT2D eigenvalue weighted by Crippen LogP contribution is -2.40. The Hall–Kier alpha value is -2.30. The van der Waals surface area contributed by atoms with E-state index in [0.717, 1.165) is 44.3 Å². The van der Waals surface area contributed by atoms with Crippen molar-refractivity contribution < 1.29 is 42.7 Å². The van der Waals surface area contributed by atoms with Crippen molar-refractivity contribution in [3.05, 3.63) is 42.5 Å². The van der Waals surface area contributed by atoms with Crippen LogP contribution in [0.2, 0.25) is 0 Å². The number of hydrogen-bond acceptors (Lipinski definition) is 9. The van der Waals surface area contributed by atoms with Gasteiger partial charge in [-0.3, -0.25) is 9.59 Å². The number of ether oxygens (including phenoxy) is 7. The molecule has 3 aliphatic rings. The lowest BCUT2D eigenvalue weighted by Gasteiger charge is -2.32. The van der Waals surface area contributed by atoms with Gasteiger partial charge in [-0.1, -0.05) is 30.4 Å². The Morgan fingerprint density at radius 3 is 2.45 bits per heavy atom. The summed E-state index contributed by atoms with van der Waals surface area (Å²) in [5.41, 5.74) is 0. The van der Waals surface area contributed by atoms with Crippen LogP contribution in [0.3, 0.4) is 0 Å². The van der Waals surface area contributed by atoms with Gasteiger partial charge in [0.15, 0.2) is 12.6 Å². The molecule has 1 aromatic carbocycles. The molecule has 2 saturated heterocycles. The van der Waals surface area contributed by atoms with Crippen LogP contribution in [0.1, 0.15) is 64.2 Å². The minimum atomic E-state index is -0.446. The maximum atomic E-state index is 13.1. The van der Waals surface area contributed by atoms with Crippen LogP contribution < -0.4 is 4.74 Å². The molecule has 0 aromatic heterocycles. The third-order valence-corrected chi connectivity index (χ3v) is 7.48. The first-order valence-electron chi connectivity index (χ1n) is 14.7. The van der Waals surface area contributed by atoms with E-state index >= 15 is 0 Å². The summed E-state index contributed by atoms with van der Waals surface area (Å²) in [6, 6.07) is 9.60. The molecule has 4 rings (SSSR count). The van der Waals surface area contributed by atoms with Crippen LogP contribution in [0.4, 0.5) is 0 Å². The molecule has 9 heteroatoms. The van der Waals surface area contributed by atoms with Gasteiger partial charge in [-0.2, -0.15) is 0 Å². The molecule has 1 aliphatic carbocycles. The van der Waals surface area contributed by atoms with E-state index in [1.54, 1.807) is 0 Å². The van der Waals surface area contributed by atoms with E-state index in [4.69, 9.17) is 33.2 Å². The van der Waals surface area contributed by atoms with E-state index < -0.39 is 12.2 Å². The minimum Gasteiger partial charge on any atom is -0.491 e. The van der Waals surface area contributed by atoms with Crippen LogP contribution in [0.25, 0.3) is 0 Å². The standard InChI is InChI=1S/C31H44O9/c1-34-28(33)15-7-3-6-14-25-26(32)20-27(40-30-17-9-11-19-36-30)31(25)38-22-24(39-29-16-8-10-18-35-29)21-37-23-12-4-2-5-13-23/h2-6,12-13,24-25,27,29-31H,7-11,14-22H2,1H3/t24?,25-,27+,29?,30?,31+/m0/s1. The zero-order chi connectivity index (χ0) is 28.0. The molecule has 0 N–H and O–H groups in total. The molecule has 9 nitrogen and oxygen atoms in total. The number of allylic oxidation sites excluding steroid dienone is 2. The Bertz CT molecular complexity index is 909. The maximum absolute atomic E-state index is 13.1. The van der Waals surface area contributed by atoms with Gasteiger partial charge in [0.05, 0.1) is 31.8 Å².